The smallest absolute Gasteiger partial charge is 0.312 e. The third-order valence-corrected chi connectivity index (χ3v) is 5.50. The van der Waals surface area contributed by atoms with Crippen LogP contribution in [0, 0.1) is 29.9 Å². The Morgan fingerprint density at radius 1 is 1.16 bits per heavy atom. The molecule has 138 valence electrons. The second kappa shape index (κ2) is 7.51. The van der Waals surface area contributed by atoms with Gasteiger partial charge in [0.05, 0.1) is 11.6 Å². The van der Waals surface area contributed by atoms with Crippen LogP contribution in [-0.4, -0.2) is 56.6 Å². The van der Waals surface area contributed by atoms with Gasteiger partial charge in [0, 0.05) is 32.1 Å². The Bertz CT molecular complexity index is 643. The maximum Gasteiger partial charge on any atom is 0.312 e. The highest BCUT2D eigenvalue weighted by Gasteiger charge is 2.29. The summed E-state index contributed by atoms with van der Waals surface area (Å²) in [6, 6.07) is 0. The first kappa shape index (κ1) is 17.8. The molecule has 1 aliphatic heterocycles. The predicted molar refractivity (Wildman–Crippen MR) is 93.1 cm³/mol. The number of carbonyl (C=O) groups excluding carboxylic acids is 1. The van der Waals surface area contributed by atoms with Crippen molar-refractivity contribution in [1.29, 1.82) is 0 Å². The molecule has 0 radical (unpaired) electrons. The largest absolute Gasteiger partial charge is 0.340 e. The Morgan fingerprint density at radius 3 is 2.36 bits per heavy atom. The zero-order valence-electron chi connectivity index (χ0n) is 15.1. The van der Waals surface area contributed by atoms with Crippen LogP contribution in [0.2, 0.25) is 0 Å². The molecule has 1 saturated heterocycles. The van der Waals surface area contributed by atoms with E-state index < -0.39 is 0 Å². The number of amides is 1. The van der Waals surface area contributed by atoms with Gasteiger partial charge in [-0.1, -0.05) is 19.3 Å². The molecule has 2 aliphatic rings. The van der Waals surface area contributed by atoms with Gasteiger partial charge in [-0.2, -0.15) is 5.10 Å². The van der Waals surface area contributed by atoms with Gasteiger partial charge in [0.2, 0.25) is 5.91 Å². The van der Waals surface area contributed by atoms with Crippen molar-refractivity contribution >= 4 is 11.6 Å². The van der Waals surface area contributed by atoms with Gasteiger partial charge in [-0.25, -0.2) is 4.68 Å². The third-order valence-electron chi connectivity index (χ3n) is 5.50. The summed E-state index contributed by atoms with van der Waals surface area (Å²) >= 11 is 0. The van der Waals surface area contributed by atoms with Crippen molar-refractivity contribution in [2.24, 2.45) is 5.92 Å². The van der Waals surface area contributed by atoms with Gasteiger partial charge in [-0.15, -0.1) is 0 Å². The van der Waals surface area contributed by atoms with Crippen LogP contribution in [0.25, 0.3) is 0 Å². The van der Waals surface area contributed by atoms with E-state index in [1.165, 1.54) is 19.3 Å². The first-order chi connectivity index (χ1) is 12.0. The van der Waals surface area contributed by atoms with E-state index >= 15 is 0 Å². The van der Waals surface area contributed by atoms with Crippen LogP contribution in [0.3, 0.4) is 0 Å². The van der Waals surface area contributed by atoms with Crippen molar-refractivity contribution in [3.63, 3.8) is 0 Å². The van der Waals surface area contributed by atoms with Crippen molar-refractivity contribution in [3.8, 4) is 0 Å². The molecular formula is C17H27N5O3. The van der Waals surface area contributed by atoms with Crippen LogP contribution in [0.1, 0.15) is 43.5 Å². The molecule has 1 saturated carbocycles. The zero-order valence-corrected chi connectivity index (χ0v) is 15.1. The number of piperazine rings is 1. The second-order valence-corrected chi connectivity index (χ2v) is 7.20. The highest BCUT2D eigenvalue weighted by molar-refractivity contribution is 5.79. The molecule has 1 amide bonds. The van der Waals surface area contributed by atoms with Crippen LogP contribution >= 0.6 is 0 Å². The van der Waals surface area contributed by atoms with Crippen molar-refractivity contribution in [1.82, 2.24) is 19.6 Å². The molecule has 0 unspecified atom stereocenters. The highest BCUT2D eigenvalue weighted by atomic mass is 16.6. The topological polar surface area (TPSA) is 84.5 Å². The molecule has 1 aromatic heterocycles. The van der Waals surface area contributed by atoms with E-state index in [9.17, 15) is 14.9 Å². The summed E-state index contributed by atoms with van der Waals surface area (Å²) < 4.78 is 1.70. The highest BCUT2D eigenvalue weighted by Crippen LogP contribution is 2.26. The number of hydrogen-bond donors (Lipinski definition) is 0. The SMILES string of the molecule is Cc1nn(CN2CCN(C(=O)C3CCCCC3)CC2)c(C)c1[N+](=O)[O-]. The Balaban J connectivity index is 1.55. The second-order valence-electron chi connectivity index (χ2n) is 7.20. The Hall–Kier alpha value is -1.96. The van der Waals surface area contributed by atoms with Crippen molar-refractivity contribution in [3.05, 3.63) is 21.5 Å². The van der Waals surface area contributed by atoms with E-state index in [0.717, 1.165) is 39.0 Å². The van der Waals surface area contributed by atoms with Crippen molar-refractivity contribution in [2.45, 2.75) is 52.6 Å². The monoisotopic (exact) mass is 349 g/mol. The van der Waals surface area contributed by atoms with E-state index in [1.54, 1.807) is 18.5 Å². The molecule has 0 aromatic carbocycles. The van der Waals surface area contributed by atoms with Gasteiger partial charge >= 0.3 is 5.69 Å². The predicted octanol–water partition coefficient (Wildman–Crippen LogP) is 2.09. The first-order valence-electron chi connectivity index (χ1n) is 9.17. The number of hydrogen-bond acceptors (Lipinski definition) is 5. The molecule has 0 atom stereocenters. The van der Waals surface area contributed by atoms with Gasteiger partial charge in [0.25, 0.3) is 0 Å². The van der Waals surface area contributed by atoms with Gasteiger partial charge < -0.3 is 4.90 Å². The van der Waals surface area contributed by atoms with E-state index in [1.807, 2.05) is 4.90 Å². The van der Waals surface area contributed by atoms with Crippen molar-refractivity contribution < 1.29 is 9.72 Å². The Morgan fingerprint density at radius 2 is 1.80 bits per heavy atom. The lowest BCUT2D eigenvalue weighted by Gasteiger charge is -2.37. The number of nitro groups is 1. The van der Waals surface area contributed by atoms with Gasteiger partial charge in [0.1, 0.15) is 11.4 Å². The van der Waals surface area contributed by atoms with Crippen LogP contribution in [0.4, 0.5) is 5.69 Å². The number of nitrogens with zero attached hydrogens (tertiary/aromatic N) is 5. The number of carbonyl (C=O) groups is 1. The number of aryl methyl sites for hydroxylation is 1. The van der Waals surface area contributed by atoms with E-state index in [-0.39, 0.29) is 16.5 Å². The van der Waals surface area contributed by atoms with Gasteiger partial charge in [-0.3, -0.25) is 19.8 Å². The molecule has 1 aromatic rings. The maximum atomic E-state index is 12.6. The standard InChI is InChI=1S/C17H27N5O3/c1-13-16(22(24)25)14(2)21(18-13)12-19-8-10-20(11-9-19)17(23)15-6-4-3-5-7-15/h15H,3-12H2,1-2H3. The molecule has 1 aliphatic carbocycles. The lowest BCUT2D eigenvalue weighted by Crippen LogP contribution is -2.50. The zero-order chi connectivity index (χ0) is 18.0. The fourth-order valence-electron chi connectivity index (χ4n) is 4.00. The summed E-state index contributed by atoms with van der Waals surface area (Å²) in [5.74, 6) is 0.542. The summed E-state index contributed by atoms with van der Waals surface area (Å²) in [6.45, 7) is 6.97. The fraction of sp³-hybridized carbons (Fsp3) is 0.765. The quantitative estimate of drug-likeness (QED) is 0.614. The lowest BCUT2D eigenvalue weighted by atomic mass is 9.88. The summed E-state index contributed by atoms with van der Waals surface area (Å²) in [4.78, 5) is 27.6. The van der Waals surface area contributed by atoms with Crippen LogP contribution in [-0.2, 0) is 11.5 Å². The minimum atomic E-state index is -0.366. The van der Waals surface area contributed by atoms with E-state index in [0.29, 0.717) is 24.0 Å². The van der Waals surface area contributed by atoms with Gasteiger partial charge in [0.15, 0.2) is 0 Å². The molecule has 8 nitrogen and oxygen atoms in total. The molecule has 0 spiro atoms. The van der Waals surface area contributed by atoms with Crippen LogP contribution in [0.5, 0.6) is 0 Å². The summed E-state index contributed by atoms with van der Waals surface area (Å²) in [7, 11) is 0. The summed E-state index contributed by atoms with van der Waals surface area (Å²) in [5, 5.41) is 15.4. The average molecular weight is 349 g/mol. The molecular weight excluding hydrogens is 322 g/mol. The number of aromatic nitrogens is 2. The molecule has 25 heavy (non-hydrogen) atoms. The Labute approximate surface area is 147 Å². The van der Waals surface area contributed by atoms with Crippen molar-refractivity contribution in [2.75, 3.05) is 26.2 Å². The minimum Gasteiger partial charge on any atom is -0.340 e. The molecule has 2 fully saturated rings. The lowest BCUT2D eigenvalue weighted by molar-refractivity contribution is -0.386. The number of rotatable bonds is 4. The third kappa shape index (κ3) is 3.84. The molecule has 3 rings (SSSR count). The van der Waals surface area contributed by atoms with Crippen LogP contribution in [0.15, 0.2) is 0 Å². The first-order valence-corrected chi connectivity index (χ1v) is 9.17. The summed E-state index contributed by atoms with van der Waals surface area (Å²) in [5.41, 5.74) is 1.14. The normalized spacial score (nSPS) is 20.0. The van der Waals surface area contributed by atoms with Gasteiger partial charge in [-0.05, 0) is 26.7 Å². The molecule has 0 bridgehead atoms. The van der Waals surface area contributed by atoms with E-state index in [2.05, 4.69) is 10.00 Å². The molecule has 8 heteroatoms. The molecule has 0 N–H and O–H groups in total. The Kier molecular flexibility index (Phi) is 5.36. The maximum absolute atomic E-state index is 12.6. The average Bonchev–Trinajstić information content (AvgIpc) is 2.89. The summed E-state index contributed by atoms with van der Waals surface area (Å²) in [6.07, 6.45) is 5.68. The fourth-order valence-corrected chi connectivity index (χ4v) is 4.00. The molecule has 2 heterocycles. The minimum absolute atomic E-state index is 0.103. The van der Waals surface area contributed by atoms with E-state index in [4.69, 9.17) is 0 Å². The van der Waals surface area contributed by atoms with Crippen LogP contribution < -0.4 is 0 Å².